The van der Waals surface area contributed by atoms with Crippen LogP contribution in [0.2, 0.25) is 4.34 Å². The van der Waals surface area contributed by atoms with E-state index in [0.717, 1.165) is 42.9 Å². The van der Waals surface area contributed by atoms with Gasteiger partial charge in [-0.25, -0.2) is 4.98 Å². The molecule has 0 radical (unpaired) electrons. The summed E-state index contributed by atoms with van der Waals surface area (Å²) in [7, 11) is 0. The van der Waals surface area contributed by atoms with Crippen LogP contribution in [-0.4, -0.2) is 62.8 Å². The van der Waals surface area contributed by atoms with E-state index in [1.807, 2.05) is 11.0 Å². The first kappa shape index (κ1) is 18.7. The molecule has 2 aromatic rings. The number of halogens is 1. The van der Waals surface area contributed by atoms with Crippen LogP contribution in [0.3, 0.4) is 0 Å². The molecule has 1 saturated heterocycles. The fraction of sp³-hybridized carbons (Fsp3) is 0.562. The number of hydrogen-bond donors (Lipinski definition) is 1. The van der Waals surface area contributed by atoms with Gasteiger partial charge in [0.2, 0.25) is 11.1 Å². The second kappa shape index (κ2) is 8.53. The normalized spacial score (nSPS) is 15.9. The van der Waals surface area contributed by atoms with Gasteiger partial charge in [0.05, 0.1) is 10.1 Å². The molecule has 25 heavy (non-hydrogen) atoms. The topological polar surface area (TPSA) is 65.1 Å². The van der Waals surface area contributed by atoms with E-state index in [0.29, 0.717) is 16.8 Å². The van der Waals surface area contributed by atoms with Gasteiger partial charge in [-0.05, 0) is 12.1 Å². The minimum atomic E-state index is 0.153. The summed E-state index contributed by atoms with van der Waals surface area (Å²) >= 11 is 9.00. The molecule has 0 bridgehead atoms. The van der Waals surface area contributed by atoms with Gasteiger partial charge in [-0.15, -0.1) is 16.4 Å². The fourth-order valence-electron chi connectivity index (χ4n) is 2.61. The van der Waals surface area contributed by atoms with Crippen molar-refractivity contribution in [3.05, 3.63) is 27.2 Å². The van der Waals surface area contributed by atoms with Gasteiger partial charge in [-0.2, -0.15) is 0 Å². The molecule has 3 heterocycles. The lowest BCUT2D eigenvalue weighted by Gasteiger charge is -2.34. The van der Waals surface area contributed by atoms with Crippen molar-refractivity contribution in [2.24, 2.45) is 0 Å². The third-order valence-corrected chi connectivity index (χ3v) is 6.14. The van der Waals surface area contributed by atoms with Crippen LogP contribution < -0.4 is 0 Å². The van der Waals surface area contributed by atoms with Crippen molar-refractivity contribution in [1.29, 1.82) is 0 Å². The number of carbonyl (C=O) groups is 1. The second-order valence-corrected chi connectivity index (χ2v) is 9.05. The number of nitrogens with one attached hydrogen (secondary N) is 1. The van der Waals surface area contributed by atoms with Gasteiger partial charge in [0.1, 0.15) is 5.82 Å². The van der Waals surface area contributed by atoms with Crippen LogP contribution in [-0.2, 0) is 11.3 Å². The Morgan fingerprint density at radius 3 is 2.72 bits per heavy atom. The minimum absolute atomic E-state index is 0.153. The highest BCUT2D eigenvalue weighted by Gasteiger charge is 2.22. The molecule has 0 aromatic carbocycles. The van der Waals surface area contributed by atoms with E-state index in [9.17, 15) is 4.79 Å². The lowest BCUT2D eigenvalue weighted by atomic mass is 10.2. The molecule has 0 aliphatic carbocycles. The molecule has 0 unspecified atom stereocenters. The zero-order chi connectivity index (χ0) is 17.8. The highest BCUT2D eigenvalue weighted by Crippen LogP contribution is 2.23. The van der Waals surface area contributed by atoms with Crippen LogP contribution in [0.1, 0.15) is 30.5 Å². The van der Waals surface area contributed by atoms with Crippen molar-refractivity contribution < 1.29 is 4.79 Å². The van der Waals surface area contributed by atoms with Crippen molar-refractivity contribution >= 4 is 40.6 Å². The van der Waals surface area contributed by atoms with E-state index in [4.69, 9.17) is 11.6 Å². The second-order valence-electron chi connectivity index (χ2n) is 6.31. The molecule has 0 saturated carbocycles. The van der Waals surface area contributed by atoms with Gasteiger partial charge >= 0.3 is 0 Å². The molecular weight excluding hydrogens is 378 g/mol. The monoisotopic (exact) mass is 399 g/mol. The zero-order valence-electron chi connectivity index (χ0n) is 14.4. The zero-order valence-corrected chi connectivity index (χ0v) is 16.8. The van der Waals surface area contributed by atoms with E-state index in [1.165, 1.54) is 16.6 Å². The molecule has 0 spiro atoms. The van der Waals surface area contributed by atoms with Gasteiger partial charge in [0, 0.05) is 43.5 Å². The first-order valence-electron chi connectivity index (χ1n) is 8.30. The summed E-state index contributed by atoms with van der Waals surface area (Å²) in [5.74, 6) is 1.71. The number of amides is 1. The summed E-state index contributed by atoms with van der Waals surface area (Å²) in [4.78, 5) is 22.3. The van der Waals surface area contributed by atoms with Gasteiger partial charge in [0.15, 0.2) is 0 Å². The predicted molar refractivity (Wildman–Crippen MR) is 102 cm³/mol. The SMILES string of the molecule is CC(C)c1nc(SCC(=O)N2CCN(Cc3ccc(Cl)s3)CC2)n[nH]1. The molecule has 1 fully saturated rings. The number of hydrogen-bond acceptors (Lipinski definition) is 6. The Kier molecular flexibility index (Phi) is 6.38. The van der Waals surface area contributed by atoms with Crippen LogP contribution >= 0.6 is 34.7 Å². The number of aromatic amines is 1. The lowest BCUT2D eigenvalue weighted by molar-refractivity contribution is -0.130. The van der Waals surface area contributed by atoms with Crippen molar-refractivity contribution in [3.8, 4) is 0 Å². The molecule has 1 aliphatic rings. The maximum absolute atomic E-state index is 12.4. The van der Waals surface area contributed by atoms with Crippen LogP contribution in [0.15, 0.2) is 17.3 Å². The number of rotatable bonds is 6. The summed E-state index contributed by atoms with van der Waals surface area (Å²) in [6.07, 6.45) is 0. The quantitative estimate of drug-likeness (QED) is 0.756. The number of piperazine rings is 1. The number of carbonyl (C=O) groups excluding carboxylic acids is 1. The molecule has 136 valence electrons. The number of nitrogens with zero attached hydrogens (tertiary/aromatic N) is 4. The molecule has 1 amide bonds. The Bertz CT molecular complexity index is 709. The average Bonchev–Trinajstić information content (AvgIpc) is 3.22. The standard InChI is InChI=1S/C16H22ClN5OS2/c1-11(2)15-18-16(20-19-15)24-10-14(23)22-7-5-21(6-8-22)9-12-3-4-13(17)25-12/h3-4,11H,5-10H2,1-2H3,(H,18,19,20). The van der Waals surface area contributed by atoms with Gasteiger partial charge < -0.3 is 4.90 Å². The van der Waals surface area contributed by atoms with E-state index in [-0.39, 0.29) is 5.91 Å². The maximum atomic E-state index is 12.4. The Labute approximate surface area is 160 Å². The Morgan fingerprint density at radius 1 is 1.36 bits per heavy atom. The fourth-order valence-corrected chi connectivity index (χ4v) is 4.45. The summed E-state index contributed by atoms with van der Waals surface area (Å²) in [6.45, 7) is 8.35. The van der Waals surface area contributed by atoms with E-state index < -0.39 is 0 Å². The average molecular weight is 400 g/mol. The Hall–Kier alpha value is -1.09. The first-order chi connectivity index (χ1) is 12.0. The van der Waals surface area contributed by atoms with Gasteiger partial charge in [-0.1, -0.05) is 37.2 Å². The van der Waals surface area contributed by atoms with E-state index >= 15 is 0 Å². The Balaban J connectivity index is 1.41. The largest absolute Gasteiger partial charge is 0.339 e. The summed E-state index contributed by atoms with van der Waals surface area (Å²) in [5, 5.41) is 7.71. The third kappa shape index (κ3) is 5.20. The molecule has 9 heteroatoms. The smallest absolute Gasteiger partial charge is 0.233 e. The van der Waals surface area contributed by atoms with Gasteiger partial charge in [0.25, 0.3) is 0 Å². The van der Waals surface area contributed by atoms with Gasteiger partial charge in [-0.3, -0.25) is 14.8 Å². The van der Waals surface area contributed by atoms with Crippen molar-refractivity contribution in [2.75, 3.05) is 31.9 Å². The molecule has 2 aromatic heterocycles. The third-order valence-electron chi connectivity index (χ3n) is 4.09. The number of aromatic nitrogens is 3. The highest BCUT2D eigenvalue weighted by atomic mass is 35.5. The molecule has 0 atom stereocenters. The first-order valence-corrected chi connectivity index (χ1v) is 10.5. The summed E-state index contributed by atoms with van der Waals surface area (Å²) < 4.78 is 0.827. The van der Waals surface area contributed by atoms with E-state index in [1.54, 1.807) is 11.3 Å². The number of thiophene rings is 1. The van der Waals surface area contributed by atoms with Crippen LogP contribution in [0, 0.1) is 0 Å². The van der Waals surface area contributed by atoms with Crippen LogP contribution in [0.4, 0.5) is 0 Å². The summed E-state index contributed by atoms with van der Waals surface area (Å²) in [6, 6.07) is 4.01. The predicted octanol–water partition coefficient (Wildman–Crippen LogP) is 3.08. The Morgan fingerprint density at radius 2 is 2.12 bits per heavy atom. The lowest BCUT2D eigenvalue weighted by Crippen LogP contribution is -2.48. The molecule has 1 N–H and O–H groups in total. The molecule has 1 aliphatic heterocycles. The maximum Gasteiger partial charge on any atom is 0.233 e. The molecule has 3 rings (SSSR count). The van der Waals surface area contributed by atoms with E-state index in [2.05, 4.69) is 40.0 Å². The van der Waals surface area contributed by atoms with Crippen molar-refractivity contribution in [3.63, 3.8) is 0 Å². The van der Waals surface area contributed by atoms with Crippen LogP contribution in [0.25, 0.3) is 0 Å². The minimum Gasteiger partial charge on any atom is -0.339 e. The van der Waals surface area contributed by atoms with Crippen LogP contribution in [0.5, 0.6) is 0 Å². The molecule has 6 nitrogen and oxygen atoms in total. The summed E-state index contributed by atoms with van der Waals surface area (Å²) in [5.41, 5.74) is 0. The number of thioether (sulfide) groups is 1. The van der Waals surface area contributed by atoms with Crippen molar-refractivity contribution in [2.45, 2.75) is 31.5 Å². The van der Waals surface area contributed by atoms with Crippen molar-refractivity contribution in [1.82, 2.24) is 25.0 Å². The number of H-pyrrole nitrogens is 1. The molecular formula is C16H22ClN5OS2. The highest BCUT2D eigenvalue weighted by molar-refractivity contribution is 7.99.